The Balaban J connectivity index is 2.03. The Bertz CT molecular complexity index is 664. The number of hydrogen-bond acceptors (Lipinski definition) is 2. The first kappa shape index (κ1) is 13.1. The maximum atomic E-state index is 5.74. The van der Waals surface area contributed by atoms with Crippen molar-refractivity contribution < 1.29 is 0 Å². The molecule has 102 valence electrons. The molecule has 0 radical (unpaired) electrons. The smallest absolute Gasteiger partial charge is 0.104 e. The Morgan fingerprint density at radius 3 is 2.75 bits per heavy atom. The Kier molecular flexibility index (Phi) is 3.45. The van der Waals surface area contributed by atoms with E-state index in [2.05, 4.69) is 48.2 Å². The predicted octanol–water partition coefficient (Wildman–Crippen LogP) is 3.71. The Labute approximate surface area is 125 Å². The zero-order valence-corrected chi connectivity index (χ0v) is 12.4. The van der Waals surface area contributed by atoms with Crippen molar-refractivity contribution in [3.8, 4) is 0 Å². The van der Waals surface area contributed by atoms with E-state index in [-0.39, 0.29) is 0 Å². The Morgan fingerprint density at radius 1 is 1.20 bits per heavy atom. The van der Waals surface area contributed by atoms with Gasteiger partial charge >= 0.3 is 0 Å². The Morgan fingerprint density at radius 2 is 2.00 bits per heavy atom. The summed E-state index contributed by atoms with van der Waals surface area (Å²) in [5.74, 6) is 0. The number of nitrogens with two attached hydrogens (primary N) is 1. The zero-order valence-electron chi connectivity index (χ0n) is 11.6. The number of nitrogens with zero attached hydrogens (tertiary/aromatic N) is 1. The van der Waals surface area contributed by atoms with E-state index in [1.165, 1.54) is 23.4 Å². The molecule has 0 saturated carbocycles. The molecule has 0 unspecified atom stereocenters. The highest BCUT2D eigenvalue weighted by atomic mass is 32.1. The highest BCUT2D eigenvalue weighted by molar-refractivity contribution is 7.80. The van der Waals surface area contributed by atoms with Crippen LogP contribution < -0.4 is 10.6 Å². The molecule has 1 heterocycles. The highest BCUT2D eigenvalue weighted by Gasteiger charge is 2.18. The van der Waals surface area contributed by atoms with E-state index in [0.29, 0.717) is 4.99 Å². The van der Waals surface area contributed by atoms with Gasteiger partial charge in [0, 0.05) is 23.5 Å². The lowest BCUT2D eigenvalue weighted by Gasteiger charge is -2.31. The number of hydrogen-bond donors (Lipinski definition) is 1. The van der Waals surface area contributed by atoms with Gasteiger partial charge in [0.05, 0.1) is 0 Å². The topological polar surface area (TPSA) is 29.3 Å². The van der Waals surface area contributed by atoms with Gasteiger partial charge in [0.1, 0.15) is 4.99 Å². The largest absolute Gasteiger partial charge is 0.389 e. The van der Waals surface area contributed by atoms with Crippen molar-refractivity contribution in [2.24, 2.45) is 5.73 Å². The summed E-state index contributed by atoms with van der Waals surface area (Å²) in [6.45, 7) is 3.12. The number of aryl methyl sites for hydroxylation is 2. The van der Waals surface area contributed by atoms with Crippen molar-refractivity contribution in [2.45, 2.75) is 19.8 Å². The SMILES string of the molecule is Cc1cc(N2CCCc3ccccc32)ccc1C(N)=S. The van der Waals surface area contributed by atoms with Crippen LogP contribution in [0.1, 0.15) is 23.1 Å². The second-order valence-corrected chi connectivity index (χ2v) is 5.69. The predicted molar refractivity (Wildman–Crippen MR) is 88.8 cm³/mol. The minimum atomic E-state index is 0.466. The lowest BCUT2D eigenvalue weighted by atomic mass is 10.00. The third-order valence-corrected chi connectivity index (χ3v) is 4.12. The number of thiocarbonyl (C=S) groups is 1. The average molecular weight is 282 g/mol. The second kappa shape index (κ2) is 5.25. The maximum absolute atomic E-state index is 5.74. The Hall–Kier alpha value is -1.87. The van der Waals surface area contributed by atoms with E-state index < -0.39 is 0 Å². The molecular weight excluding hydrogens is 264 g/mol. The summed E-state index contributed by atoms with van der Waals surface area (Å²) in [6, 6.07) is 15.0. The van der Waals surface area contributed by atoms with Gasteiger partial charge in [0.15, 0.2) is 0 Å². The molecule has 0 aliphatic carbocycles. The molecule has 0 saturated heterocycles. The molecule has 0 aromatic heterocycles. The number of rotatable bonds is 2. The van der Waals surface area contributed by atoms with Gasteiger partial charge in [0.25, 0.3) is 0 Å². The third kappa shape index (κ3) is 2.29. The van der Waals surface area contributed by atoms with Crippen LogP contribution in [0.3, 0.4) is 0 Å². The van der Waals surface area contributed by atoms with Gasteiger partial charge < -0.3 is 10.6 Å². The lowest BCUT2D eigenvalue weighted by molar-refractivity contribution is 0.766. The molecule has 1 aliphatic heterocycles. The maximum Gasteiger partial charge on any atom is 0.104 e. The van der Waals surface area contributed by atoms with Gasteiger partial charge in [-0.15, -0.1) is 0 Å². The molecule has 3 rings (SSSR count). The van der Waals surface area contributed by atoms with E-state index in [0.717, 1.165) is 24.1 Å². The van der Waals surface area contributed by atoms with E-state index in [1.807, 2.05) is 6.07 Å². The molecule has 3 heteroatoms. The highest BCUT2D eigenvalue weighted by Crippen LogP contribution is 2.33. The van der Waals surface area contributed by atoms with Crippen LogP contribution in [0.15, 0.2) is 42.5 Å². The van der Waals surface area contributed by atoms with Gasteiger partial charge in [-0.1, -0.05) is 30.4 Å². The second-order valence-electron chi connectivity index (χ2n) is 5.25. The van der Waals surface area contributed by atoms with Gasteiger partial charge in [-0.25, -0.2) is 0 Å². The van der Waals surface area contributed by atoms with Crippen LogP contribution in [0.25, 0.3) is 0 Å². The fourth-order valence-electron chi connectivity index (χ4n) is 2.89. The summed E-state index contributed by atoms with van der Waals surface area (Å²) in [4.78, 5) is 2.85. The summed E-state index contributed by atoms with van der Waals surface area (Å²) in [6.07, 6.45) is 2.35. The zero-order chi connectivity index (χ0) is 14.1. The van der Waals surface area contributed by atoms with Crippen molar-refractivity contribution in [3.05, 3.63) is 59.2 Å². The van der Waals surface area contributed by atoms with Gasteiger partial charge in [-0.3, -0.25) is 0 Å². The van der Waals surface area contributed by atoms with Crippen LogP contribution in [0.4, 0.5) is 11.4 Å². The van der Waals surface area contributed by atoms with E-state index in [9.17, 15) is 0 Å². The number of anilines is 2. The first-order chi connectivity index (χ1) is 9.66. The fourth-order valence-corrected chi connectivity index (χ4v) is 3.12. The number of benzene rings is 2. The molecule has 2 aromatic carbocycles. The molecule has 0 amide bonds. The van der Waals surface area contributed by atoms with Crippen LogP contribution in [0, 0.1) is 6.92 Å². The normalized spacial score (nSPS) is 13.9. The summed E-state index contributed by atoms with van der Waals surface area (Å²) >= 11 is 5.08. The molecule has 0 fully saturated rings. The summed E-state index contributed by atoms with van der Waals surface area (Å²) in [7, 11) is 0. The first-order valence-electron chi connectivity index (χ1n) is 6.93. The minimum Gasteiger partial charge on any atom is -0.389 e. The molecule has 0 atom stereocenters. The molecule has 1 aliphatic rings. The van der Waals surface area contributed by atoms with Crippen LogP contribution in [-0.2, 0) is 6.42 Å². The van der Waals surface area contributed by atoms with Gasteiger partial charge in [-0.2, -0.15) is 0 Å². The minimum absolute atomic E-state index is 0.466. The van der Waals surface area contributed by atoms with E-state index in [1.54, 1.807) is 0 Å². The number of fused-ring (bicyclic) bond motifs is 1. The third-order valence-electron chi connectivity index (χ3n) is 3.90. The van der Waals surface area contributed by atoms with Crippen molar-refractivity contribution in [3.63, 3.8) is 0 Å². The standard InChI is InChI=1S/C17H18N2S/c1-12-11-14(8-9-15(12)17(18)20)19-10-4-6-13-5-2-3-7-16(13)19/h2-3,5,7-9,11H,4,6,10H2,1H3,(H2,18,20). The monoisotopic (exact) mass is 282 g/mol. The van der Waals surface area contributed by atoms with Gasteiger partial charge in [-0.05, 0) is 55.2 Å². The lowest BCUT2D eigenvalue weighted by Crippen LogP contribution is -2.24. The molecule has 2 aromatic rings. The van der Waals surface area contributed by atoms with Crippen LogP contribution in [0.2, 0.25) is 0 Å². The van der Waals surface area contributed by atoms with Crippen molar-refractivity contribution in [1.29, 1.82) is 0 Å². The molecule has 0 spiro atoms. The van der Waals surface area contributed by atoms with Gasteiger partial charge in [0.2, 0.25) is 0 Å². The summed E-state index contributed by atoms with van der Waals surface area (Å²) in [5.41, 5.74) is 11.8. The molecular formula is C17H18N2S. The van der Waals surface area contributed by atoms with Crippen molar-refractivity contribution in [1.82, 2.24) is 0 Å². The van der Waals surface area contributed by atoms with Crippen molar-refractivity contribution >= 4 is 28.6 Å². The summed E-state index contributed by atoms with van der Waals surface area (Å²) < 4.78 is 0. The van der Waals surface area contributed by atoms with Crippen LogP contribution in [0.5, 0.6) is 0 Å². The molecule has 0 bridgehead atoms. The first-order valence-corrected chi connectivity index (χ1v) is 7.33. The van der Waals surface area contributed by atoms with Crippen LogP contribution in [-0.4, -0.2) is 11.5 Å². The summed E-state index contributed by atoms with van der Waals surface area (Å²) in [5, 5.41) is 0. The molecule has 2 N–H and O–H groups in total. The average Bonchev–Trinajstić information content (AvgIpc) is 2.46. The quantitative estimate of drug-likeness (QED) is 0.851. The molecule has 20 heavy (non-hydrogen) atoms. The van der Waals surface area contributed by atoms with Crippen LogP contribution >= 0.6 is 12.2 Å². The molecule has 2 nitrogen and oxygen atoms in total. The fraction of sp³-hybridized carbons (Fsp3) is 0.235. The van der Waals surface area contributed by atoms with E-state index in [4.69, 9.17) is 18.0 Å². The van der Waals surface area contributed by atoms with Crippen molar-refractivity contribution in [2.75, 3.05) is 11.4 Å². The number of para-hydroxylation sites is 1. The van der Waals surface area contributed by atoms with E-state index >= 15 is 0 Å².